The summed E-state index contributed by atoms with van der Waals surface area (Å²) in [7, 11) is 4.01. The minimum absolute atomic E-state index is 0.246. The molecule has 0 aromatic heterocycles. The topological polar surface area (TPSA) is 52.6 Å². The van der Waals surface area contributed by atoms with Gasteiger partial charge in [0.15, 0.2) is 5.96 Å². The van der Waals surface area contributed by atoms with E-state index in [1.54, 1.807) is 7.11 Å². The molecular weight excluding hydrogens is 390 g/mol. The van der Waals surface area contributed by atoms with E-state index in [1.165, 1.54) is 58.3 Å². The Bertz CT molecular complexity index is 522. The first kappa shape index (κ1) is 24.7. The summed E-state index contributed by atoms with van der Waals surface area (Å²) in [5.41, 5.74) is 0.246. The molecule has 0 saturated carbocycles. The van der Waals surface area contributed by atoms with Crippen molar-refractivity contribution in [2.75, 3.05) is 79.7 Å². The van der Waals surface area contributed by atoms with E-state index in [2.05, 4.69) is 34.0 Å². The van der Waals surface area contributed by atoms with E-state index in [4.69, 9.17) is 14.5 Å². The average Bonchev–Trinajstić information content (AvgIpc) is 2.82. The van der Waals surface area contributed by atoms with E-state index in [-0.39, 0.29) is 5.54 Å². The summed E-state index contributed by atoms with van der Waals surface area (Å²) in [5, 5.41) is 3.59. The Morgan fingerprint density at radius 3 is 2.35 bits per heavy atom. The summed E-state index contributed by atoms with van der Waals surface area (Å²) in [4.78, 5) is 13.0. The molecule has 0 aliphatic carbocycles. The van der Waals surface area contributed by atoms with Crippen molar-refractivity contribution in [3.63, 3.8) is 0 Å². The summed E-state index contributed by atoms with van der Waals surface area (Å²) in [6.45, 7) is 12.6. The highest BCUT2D eigenvalue weighted by Crippen LogP contribution is 2.32. The number of piperidine rings is 3. The molecule has 3 fully saturated rings. The van der Waals surface area contributed by atoms with Gasteiger partial charge in [-0.3, -0.25) is 9.89 Å². The minimum atomic E-state index is 0.246. The predicted molar refractivity (Wildman–Crippen MR) is 128 cm³/mol. The van der Waals surface area contributed by atoms with Gasteiger partial charge in [-0.25, -0.2) is 0 Å². The van der Waals surface area contributed by atoms with Crippen LogP contribution in [-0.2, 0) is 9.47 Å². The summed E-state index contributed by atoms with van der Waals surface area (Å²) in [6, 6.07) is 0. The monoisotopic (exact) mass is 437 g/mol. The molecule has 0 aromatic rings. The van der Waals surface area contributed by atoms with Crippen LogP contribution in [0.4, 0.5) is 0 Å². The van der Waals surface area contributed by atoms with Crippen LogP contribution in [0.5, 0.6) is 0 Å². The summed E-state index contributed by atoms with van der Waals surface area (Å²) < 4.78 is 11.2. The fourth-order valence-corrected chi connectivity index (χ4v) is 5.31. The molecule has 3 saturated heterocycles. The van der Waals surface area contributed by atoms with Crippen LogP contribution in [0.15, 0.2) is 4.99 Å². The van der Waals surface area contributed by atoms with Crippen molar-refractivity contribution in [3.05, 3.63) is 0 Å². The van der Waals surface area contributed by atoms with Gasteiger partial charge in [-0.1, -0.05) is 6.42 Å². The number of likely N-dealkylation sites (tertiary alicyclic amines) is 3. The highest BCUT2D eigenvalue weighted by atomic mass is 16.5. The number of methoxy groups -OCH3 is 1. The Hall–Kier alpha value is -0.890. The lowest BCUT2D eigenvalue weighted by Crippen LogP contribution is -2.58. The second kappa shape index (κ2) is 13.0. The molecular formula is C24H47N5O2. The molecule has 31 heavy (non-hydrogen) atoms. The van der Waals surface area contributed by atoms with Gasteiger partial charge in [0, 0.05) is 45.5 Å². The van der Waals surface area contributed by atoms with Crippen LogP contribution >= 0.6 is 0 Å². The van der Waals surface area contributed by atoms with E-state index in [0.717, 1.165) is 64.6 Å². The maximum absolute atomic E-state index is 6.06. The van der Waals surface area contributed by atoms with Gasteiger partial charge in [0.05, 0.1) is 12.6 Å². The lowest BCUT2D eigenvalue weighted by atomic mass is 9.84. The Balaban J connectivity index is 1.58. The molecule has 0 unspecified atom stereocenters. The van der Waals surface area contributed by atoms with E-state index in [1.807, 2.05) is 0 Å². The molecule has 0 atom stereocenters. The summed E-state index contributed by atoms with van der Waals surface area (Å²) >= 11 is 0. The van der Waals surface area contributed by atoms with Crippen LogP contribution in [0.1, 0.15) is 58.3 Å². The predicted octanol–water partition coefficient (Wildman–Crippen LogP) is 2.42. The lowest BCUT2D eigenvalue weighted by molar-refractivity contribution is 0.00927. The van der Waals surface area contributed by atoms with Gasteiger partial charge in [-0.05, 0) is 85.1 Å². The van der Waals surface area contributed by atoms with Gasteiger partial charge in [-0.2, -0.15) is 0 Å². The van der Waals surface area contributed by atoms with Crippen LogP contribution in [0.2, 0.25) is 0 Å². The van der Waals surface area contributed by atoms with E-state index < -0.39 is 0 Å². The summed E-state index contributed by atoms with van der Waals surface area (Å²) in [5.74, 6) is 1.11. The maximum atomic E-state index is 6.06. The van der Waals surface area contributed by atoms with Crippen molar-refractivity contribution in [2.45, 2.75) is 69.9 Å². The number of hydrogen-bond donors (Lipinski definition) is 1. The third kappa shape index (κ3) is 7.31. The Morgan fingerprint density at radius 2 is 1.71 bits per heavy atom. The SMILES string of the molecule is CCNC(=NCC1(N2CCCCC2)CCN(C)CC1)N1CCC(OCCCOC)CC1. The molecule has 0 amide bonds. The first-order valence-electron chi connectivity index (χ1n) is 12.7. The molecule has 3 rings (SSSR count). The number of ether oxygens (including phenoxy) is 2. The molecule has 180 valence electrons. The minimum Gasteiger partial charge on any atom is -0.385 e. The quantitative estimate of drug-likeness (QED) is 0.340. The number of rotatable bonds is 9. The maximum Gasteiger partial charge on any atom is 0.193 e. The first-order valence-corrected chi connectivity index (χ1v) is 12.7. The zero-order chi connectivity index (χ0) is 21.9. The lowest BCUT2D eigenvalue weighted by Gasteiger charge is -2.49. The van der Waals surface area contributed by atoms with E-state index in [0.29, 0.717) is 6.10 Å². The van der Waals surface area contributed by atoms with Gasteiger partial charge >= 0.3 is 0 Å². The largest absolute Gasteiger partial charge is 0.385 e. The number of nitrogens with zero attached hydrogens (tertiary/aromatic N) is 4. The van der Waals surface area contributed by atoms with Crippen LogP contribution < -0.4 is 5.32 Å². The van der Waals surface area contributed by atoms with Crippen molar-refractivity contribution in [3.8, 4) is 0 Å². The zero-order valence-corrected chi connectivity index (χ0v) is 20.4. The molecule has 0 spiro atoms. The standard InChI is InChI=1S/C24H47N5O2/c1-4-25-23(28-15-9-22(10-16-28)31-20-8-19-30-3)26-21-24(11-17-27(2)18-12-24)29-13-6-5-7-14-29/h22H,4-21H2,1-3H3,(H,25,26). The Kier molecular flexibility index (Phi) is 10.4. The Labute approximate surface area is 190 Å². The van der Waals surface area contributed by atoms with Gasteiger partial charge in [-0.15, -0.1) is 0 Å². The normalized spacial score (nSPS) is 24.5. The smallest absolute Gasteiger partial charge is 0.193 e. The highest BCUT2D eigenvalue weighted by Gasteiger charge is 2.39. The zero-order valence-electron chi connectivity index (χ0n) is 20.4. The number of aliphatic imine (C=N–C) groups is 1. The van der Waals surface area contributed by atoms with Crippen LogP contribution in [0.25, 0.3) is 0 Å². The first-order chi connectivity index (χ1) is 15.2. The van der Waals surface area contributed by atoms with E-state index >= 15 is 0 Å². The fourth-order valence-electron chi connectivity index (χ4n) is 5.31. The second-order valence-corrected chi connectivity index (χ2v) is 9.65. The number of nitrogens with one attached hydrogen (secondary N) is 1. The molecule has 0 radical (unpaired) electrons. The van der Waals surface area contributed by atoms with Gasteiger partial charge in [0.1, 0.15) is 0 Å². The van der Waals surface area contributed by atoms with E-state index in [9.17, 15) is 0 Å². The average molecular weight is 438 g/mol. The molecule has 0 bridgehead atoms. The molecule has 3 heterocycles. The highest BCUT2D eigenvalue weighted by molar-refractivity contribution is 5.80. The number of hydrogen-bond acceptors (Lipinski definition) is 5. The van der Waals surface area contributed by atoms with Gasteiger partial charge in [0.2, 0.25) is 0 Å². The third-order valence-electron chi connectivity index (χ3n) is 7.39. The van der Waals surface area contributed by atoms with Crippen LogP contribution in [0.3, 0.4) is 0 Å². The van der Waals surface area contributed by atoms with Crippen molar-refractivity contribution in [1.29, 1.82) is 0 Å². The van der Waals surface area contributed by atoms with Crippen molar-refractivity contribution >= 4 is 5.96 Å². The molecule has 0 aromatic carbocycles. The van der Waals surface area contributed by atoms with Crippen molar-refractivity contribution in [2.24, 2.45) is 4.99 Å². The second-order valence-electron chi connectivity index (χ2n) is 9.65. The molecule has 3 aliphatic rings. The third-order valence-corrected chi connectivity index (χ3v) is 7.39. The molecule has 7 heteroatoms. The van der Waals surface area contributed by atoms with Crippen molar-refractivity contribution in [1.82, 2.24) is 20.0 Å². The van der Waals surface area contributed by atoms with Crippen molar-refractivity contribution < 1.29 is 9.47 Å². The van der Waals surface area contributed by atoms with Crippen LogP contribution in [0, 0.1) is 0 Å². The van der Waals surface area contributed by atoms with Gasteiger partial charge < -0.3 is 24.6 Å². The summed E-state index contributed by atoms with van der Waals surface area (Å²) in [6.07, 6.45) is 10.1. The van der Waals surface area contributed by atoms with Gasteiger partial charge in [0.25, 0.3) is 0 Å². The molecule has 7 nitrogen and oxygen atoms in total. The Morgan fingerprint density at radius 1 is 1.00 bits per heavy atom. The van der Waals surface area contributed by atoms with Crippen LogP contribution in [-0.4, -0.2) is 112 Å². The fraction of sp³-hybridized carbons (Fsp3) is 0.958. The number of guanidine groups is 1. The molecule has 1 N–H and O–H groups in total. The molecule has 3 aliphatic heterocycles.